The summed E-state index contributed by atoms with van der Waals surface area (Å²) in [6.07, 6.45) is 55.6. The third-order valence-corrected chi connectivity index (χ3v) is 16.6. The number of aromatic nitrogens is 1. The van der Waals surface area contributed by atoms with E-state index in [9.17, 15) is 0 Å². The quantitative estimate of drug-likeness (QED) is 0.232. The van der Waals surface area contributed by atoms with Crippen molar-refractivity contribution < 1.29 is 193 Å². The lowest BCUT2D eigenvalue weighted by Crippen LogP contribution is -2.70. The Kier molecular flexibility index (Phi) is 103. The Morgan fingerprint density at radius 3 is 0.457 bits per heavy atom. The second-order valence-corrected chi connectivity index (χ2v) is 27.7. The van der Waals surface area contributed by atoms with Crippen LogP contribution in [0.3, 0.4) is 0 Å². The number of hydrogen-bond donors (Lipinski definition) is 1. The highest BCUT2D eigenvalue weighted by Crippen LogP contribution is 2.66. The van der Waals surface area contributed by atoms with Crippen molar-refractivity contribution in [2.24, 2.45) is 27.1 Å². The normalized spacial score (nSPS) is 6.85. The Balaban J connectivity index is -0.00000000378. The first-order valence-corrected chi connectivity index (χ1v) is 37.4. The van der Waals surface area contributed by atoms with E-state index in [0.717, 1.165) is 0 Å². The van der Waals surface area contributed by atoms with Crippen molar-refractivity contribution in [2.45, 2.75) is 252 Å². The highest BCUT2D eigenvalue weighted by Gasteiger charge is 2.64. The van der Waals surface area contributed by atoms with E-state index in [1.54, 1.807) is 69.2 Å². The van der Waals surface area contributed by atoms with Crippen LogP contribution in [0.25, 0.3) is 0 Å². The van der Waals surface area contributed by atoms with E-state index < -0.39 is 0 Å². The van der Waals surface area contributed by atoms with Gasteiger partial charge in [0.15, 0.2) is 16.9 Å². The third kappa shape index (κ3) is 78.9. The molecule has 0 bridgehead atoms. The van der Waals surface area contributed by atoms with Crippen LogP contribution in [-0.2, 0) is 16.4 Å². The molecule has 0 aliphatic rings. The monoisotopic (exact) mass is 1910 g/mol. The molecule has 0 amide bonds. The summed E-state index contributed by atoms with van der Waals surface area (Å²) in [5, 5.41) is 0. The summed E-state index contributed by atoms with van der Waals surface area (Å²) in [5.74, 6) is 161. The zero-order valence-electron chi connectivity index (χ0n) is 81.6. The summed E-state index contributed by atoms with van der Waals surface area (Å²) in [4.78, 5) is 0. The molecule has 0 unspecified atom stereocenters. The van der Waals surface area contributed by atoms with Crippen LogP contribution in [0, 0.1) is 516 Å². The molecular weight excluding hydrogens is 1530 g/mol. The largest absolute Gasteiger partial charge is 0.344 e. The summed E-state index contributed by atoms with van der Waals surface area (Å²) in [6.45, 7) is 74.6. The van der Waals surface area contributed by atoms with Gasteiger partial charge in [-0.3, -0.25) is 0 Å². The number of terminal acetylenes is 11. The van der Waals surface area contributed by atoms with Gasteiger partial charge in [-0.05, 0) is 448 Å². The second kappa shape index (κ2) is 95.1. The van der Waals surface area contributed by atoms with Crippen molar-refractivity contribution in [2.75, 3.05) is 0 Å². The van der Waals surface area contributed by atoms with E-state index in [1.165, 1.54) is 28.1 Å². The minimum atomic E-state index is -0.121. The zero-order valence-corrected chi connectivity index (χ0v) is 81.6. The molecule has 0 saturated carbocycles. The van der Waals surface area contributed by atoms with E-state index in [0.29, 0.717) is 0 Å². The summed E-state index contributed by atoms with van der Waals surface area (Å²) in [6, 6.07) is 0. The molecule has 0 saturated heterocycles. The minimum Gasteiger partial charge on any atom is -0.344 e. The van der Waals surface area contributed by atoms with Crippen molar-refractivity contribution in [3.63, 3.8) is 0 Å². The van der Waals surface area contributed by atoms with Crippen molar-refractivity contribution in [1.82, 2.24) is 6.15 Å². The predicted octanol–water partition coefficient (Wildman–Crippen LogP) is 50.8. The maximum Gasteiger partial charge on any atom is 0.182 e. The van der Waals surface area contributed by atoms with Crippen LogP contribution in [-0.4, -0.2) is 0 Å². The van der Waals surface area contributed by atoms with Gasteiger partial charge < -0.3 is 6.15 Å². The Morgan fingerprint density at radius 2 is 0.331 bits per heavy atom. The van der Waals surface area contributed by atoms with Gasteiger partial charge in [0, 0.05) is 233 Å². The van der Waals surface area contributed by atoms with Crippen LogP contribution in [0.1, 0.15) is 431 Å². The fraction of sp³-hybridized carbons (Fsp3) is 0.336. The highest BCUT2D eigenvalue weighted by atomic mass is 15.1. The lowest BCUT2D eigenvalue weighted by atomic mass is 9.40. The Labute approximate surface area is 976 Å². The Bertz CT molecular complexity index is 6390. The molecule has 0 radical (unpaired) electrons. The number of pyridine rings is 1. The minimum absolute atomic E-state index is 0. The smallest absolute Gasteiger partial charge is 0.182 e. The predicted molar refractivity (Wildman–Crippen MR) is 830 cm³/mol. The van der Waals surface area contributed by atoms with E-state index >= 15 is 0 Å². The van der Waals surface area contributed by atoms with Gasteiger partial charge >= 0.3 is 0 Å². The van der Waals surface area contributed by atoms with Crippen LogP contribution in [0.2, 0.25) is 0 Å². The van der Waals surface area contributed by atoms with Crippen molar-refractivity contribution in [3.8, 4) is 468 Å². The molecule has 2 heteroatoms. The zero-order chi connectivity index (χ0) is 100. The molecule has 1 aromatic heterocycles. The van der Waals surface area contributed by atoms with Crippen LogP contribution in [0.5, 0.6) is 0 Å². The van der Waals surface area contributed by atoms with Gasteiger partial charge in [-0.1, -0.05) is 171 Å². The molecule has 0 atom stereocenters. The lowest BCUT2D eigenvalue weighted by molar-refractivity contribution is -0.786. The molecule has 0 aliphatic heterocycles. The molecule has 127 heavy (non-hydrogen) atoms. The molecular formula is C125H381N2+. The molecule has 1 rings (SSSR count). The molecule has 0 aromatic carbocycles. The van der Waals surface area contributed by atoms with Gasteiger partial charge in [0.25, 0.3) is 0 Å². The summed E-state index contributed by atoms with van der Waals surface area (Å²) >= 11 is 0. The van der Waals surface area contributed by atoms with Crippen LogP contribution >= 0.6 is 0 Å². The highest BCUT2D eigenvalue weighted by molar-refractivity contribution is 5.48. The third-order valence-electron chi connectivity index (χ3n) is 16.6. The standard InChI is InChI=1S/C35H66N.C13H4.C12H6.C11H4.C10H2.C9H4.C8H6.C7H4.C6H2.C5H4.C4H6.C3H4.C2H2.H3N.132H2/c1-23-26(28(4,5)6)24(2)36(25(3)27(23)29(7,8)9)35(21,22)34(19,20)33(17,18)32(15,16)31(13,14)30(10,11)12;1-3-5-7-9-11-13-12-10-8-6-4-2;1-3-5-7-9-11-12-10-8-6-4-2;1-3-5-7-9-11-10-8-6-4-2;1-3-5-7-9-10-8-6-4-2;1-3-5-7-9-8-6-4-2;1-3-5-7-8-6-4-2;1-3-5-7-6-4-2;1-3-5-6-4-2;1-3-5-4-2;1-3-4-2;1-3-2;1-2;;;;;;;;;;;;;;;;;;;;;;;;;;;;;;;;;;;;;;;;;;;;;;;;;;;;;;;;;;;;;;;;;;;;;;;;;;;;;;;;;;;;;;;;;;;;;;;;;;;;;;;;;;;;;;;;;;;;;;;;;;;;;;;;;;;;;/h1-22H3;1H,2H3;1-2H3;1H,2H3;1-2H;1H,2H3;1-2H3;1H,2H3;1-2H;1H,2H3;1-2H3;1H,2H3;1-2H;1H3;132*1H/q+1;;;;;;;;;;;;;;;;;;;;;;;;;;;;;;;;;;;;;;;;;;;;;;;;;;;;;;;;;;;;;;;;;;;;;;;;;;;;;;;;;;;;;;;;;;;;;;;;;;;;;;;;;;;;;;;;;;;;;;;;;;;;;;;;;;;;;;;;;;;;;;;;;. The summed E-state index contributed by atoms with van der Waals surface area (Å²) in [7, 11) is 0. The molecule has 0 spiro atoms. The number of hydrogen-bond acceptors (Lipinski definition) is 1. The van der Waals surface area contributed by atoms with Gasteiger partial charge in [0.05, 0.1) is 0 Å². The maximum atomic E-state index is 4.86. The molecule has 0 aliphatic carbocycles. The summed E-state index contributed by atoms with van der Waals surface area (Å²) < 4.78 is 2.74. The van der Waals surface area contributed by atoms with E-state index in [4.69, 9.17) is 57.8 Å². The topological polar surface area (TPSA) is 38.9 Å². The first-order valence-electron chi connectivity index (χ1n) is 37.4. The summed E-state index contributed by atoms with van der Waals surface area (Å²) in [5.41, 5.74) is 7.77. The Hall–Kier alpha value is -18.1. The molecule has 890 valence electrons. The second-order valence-electron chi connectivity index (χ2n) is 27.7. The fourth-order valence-corrected chi connectivity index (χ4v) is 9.47. The Morgan fingerprint density at radius 1 is 0.197 bits per heavy atom. The first-order chi connectivity index (χ1) is 59.4. The van der Waals surface area contributed by atoms with Gasteiger partial charge in [-0.2, -0.15) is 4.57 Å². The number of nitrogens with zero attached hydrogens (tertiary/aromatic N) is 1. The molecule has 0 fully saturated rings. The van der Waals surface area contributed by atoms with Crippen molar-refractivity contribution in [1.29, 1.82) is 0 Å². The first kappa shape index (κ1) is 138. The lowest BCUT2D eigenvalue weighted by Gasteiger charge is -2.64. The van der Waals surface area contributed by atoms with Gasteiger partial charge in [-0.15, -0.1) is 94.8 Å². The molecule has 1 heterocycles. The van der Waals surface area contributed by atoms with Crippen LogP contribution < -0.4 is 10.7 Å². The van der Waals surface area contributed by atoms with Crippen molar-refractivity contribution in [3.05, 3.63) is 28.1 Å². The van der Waals surface area contributed by atoms with Crippen LogP contribution in [0.15, 0.2) is 0 Å². The van der Waals surface area contributed by atoms with E-state index in [1.807, 2.05) is 13.8 Å². The SMILES string of the molecule is C#C.C#CC.C#CC#CC.C#CC#CC#C.C#CC#CC#CC.C#CC#CC#CC#CC.C#CC#CC#CC#CC#C.C#CC#CC#CC#CC#CC.C#CC#CC#CC#CC#CC#CC.CC#CC.CC#CC#CC#CC.CC#CC#CC#CC#CC#CC.Cc1c(C(C)(C)C)c(C)[n+](C(C)(C)C(C)(C)C(C)(C)C(C)(C)C(C)(C)C(C)(C)C)c(C)c1C(C)(C)C.N.[HH].[HH].[HH].[HH].[HH].[HH].[HH].[HH].[HH].[HH].[HH].[HH].[HH].[HH].[HH].[HH].[HH].[HH].[HH].[HH].[HH].[HH].[HH].[HH].[HH].[HH].[HH].[HH].[HH].[HH].[HH].[HH].[HH].[HH].[HH].[HH].[HH].[HH].[HH].[HH].[HH].[HH].[HH].[HH].[HH].[HH].[HH].[HH].[HH].[HH].[HH].[HH].[HH].[HH].[HH].[HH].[HH].[HH].[HH].[HH].[HH].[HH].[HH].[HH].[HH].[HH].[HH].[HH].[HH].[HH].[HH].[HH].[HH].[HH].[HH].[HH].[HH].[HH].[HH].[HH].[HH].[HH].[HH].[HH].[HH].[HH].[HH].[HH].[HH].[HH].[HH].[HH].[HH].[HH].[HH].[HH].[HH].[HH].[HH].[HH].[HH].[HH].[HH].[HH].[HH].[HH].[HH].[HH].[HH].[HH].[HH].[HH].[HH].[HH].[HH].[HH].[HH].[HH].[HH].[HH].[HH].[HH].[HH].[HH].[HH].[HH].[HH].[HH].[HH].[HH].[HH].[HH]. The average Bonchev–Trinajstić information content (AvgIpc) is 0.691. The van der Waals surface area contributed by atoms with Crippen molar-refractivity contribution >= 4 is 0 Å². The number of rotatable bonds is 5. The van der Waals surface area contributed by atoms with E-state index in [-0.39, 0.29) is 238 Å². The van der Waals surface area contributed by atoms with Gasteiger partial charge in [-0.25, -0.2) is 0 Å². The maximum absolute atomic E-state index is 4.86. The van der Waals surface area contributed by atoms with Gasteiger partial charge in [0.2, 0.25) is 0 Å². The van der Waals surface area contributed by atoms with E-state index in [2.05, 4.69) is 567 Å². The molecule has 3 N–H and O–H groups in total. The molecule has 1 aromatic rings. The fourth-order valence-electron chi connectivity index (χ4n) is 9.47. The average molecular weight is 1910 g/mol. The van der Waals surface area contributed by atoms with Crippen LogP contribution in [0.4, 0.5) is 0 Å². The molecule has 2 nitrogen and oxygen atoms in total. The van der Waals surface area contributed by atoms with Gasteiger partial charge in [0.1, 0.15) is 0 Å².